The molecule has 1 aromatic rings. The molecule has 0 aliphatic carbocycles. The van der Waals surface area contributed by atoms with Crippen LogP contribution < -0.4 is 10.6 Å². The Morgan fingerprint density at radius 3 is 3.08 bits per heavy atom. The van der Waals surface area contributed by atoms with E-state index < -0.39 is 0 Å². The van der Waals surface area contributed by atoms with E-state index >= 15 is 0 Å². The van der Waals surface area contributed by atoms with Crippen molar-refractivity contribution >= 4 is 5.91 Å². The largest absolute Gasteiger partial charge is 0.364 e. The van der Waals surface area contributed by atoms with Crippen molar-refractivity contribution in [1.82, 2.24) is 15.6 Å². The highest BCUT2D eigenvalue weighted by molar-refractivity contribution is 5.75. The molecule has 1 amide bonds. The monoisotopic (exact) mass is 181 g/mol. The van der Waals surface area contributed by atoms with Crippen LogP contribution in [0, 0.1) is 0 Å². The normalized spacial score (nSPS) is 9.92. The lowest BCUT2D eigenvalue weighted by Crippen LogP contribution is -2.24. The van der Waals surface area contributed by atoms with Crippen molar-refractivity contribution in [1.29, 1.82) is 0 Å². The first-order valence-corrected chi connectivity index (χ1v) is 4.36. The average Bonchev–Trinajstić information content (AvgIpc) is 2.64. The third kappa shape index (κ3) is 3.75. The molecule has 4 heteroatoms. The van der Waals surface area contributed by atoms with Crippen molar-refractivity contribution in [2.24, 2.45) is 0 Å². The van der Waals surface area contributed by atoms with E-state index in [4.69, 9.17) is 0 Å². The fraction of sp³-hybridized carbons (Fsp3) is 0.444. The minimum Gasteiger partial charge on any atom is -0.364 e. The topological polar surface area (TPSA) is 56.9 Å². The zero-order valence-electron chi connectivity index (χ0n) is 7.76. The van der Waals surface area contributed by atoms with Gasteiger partial charge in [0, 0.05) is 38.4 Å². The fourth-order valence-corrected chi connectivity index (χ4v) is 1.03. The maximum absolute atomic E-state index is 10.8. The first-order chi connectivity index (χ1) is 6.33. The molecule has 0 fully saturated rings. The molecule has 0 saturated carbocycles. The summed E-state index contributed by atoms with van der Waals surface area (Å²) < 4.78 is 0. The summed E-state index contributed by atoms with van der Waals surface area (Å²) in [4.78, 5) is 13.9. The molecule has 0 saturated heterocycles. The van der Waals surface area contributed by atoms with Gasteiger partial charge in [-0.05, 0) is 12.1 Å². The van der Waals surface area contributed by atoms with Crippen molar-refractivity contribution < 1.29 is 4.79 Å². The average molecular weight is 181 g/mol. The van der Waals surface area contributed by atoms with Gasteiger partial charge in [-0.2, -0.15) is 0 Å². The Morgan fingerprint density at radius 1 is 1.62 bits per heavy atom. The van der Waals surface area contributed by atoms with Gasteiger partial charge in [-0.3, -0.25) is 4.79 Å². The molecule has 72 valence electrons. The van der Waals surface area contributed by atoms with E-state index in [2.05, 4.69) is 15.6 Å². The Bertz CT molecular complexity index is 243. The second-order valence-corrected chi connectivity index (χ2v) is 2.80. The quantitative estimate of drug-likeness (QED) is 0.570. The Labute approximate surface area is 77.7 Å². The minimum absolute atomic E-state index is 0.0685. The lowest BCUT2D eigenvalue weighted by molar-refractivity contribution is -0.120. The summed E-state index contributed by atoms with van der Waals surface area (Å²) in [6, 6.07) is 3.96. The van der Waals surface area contributed by atoms with Crippen molar-refractivity contribution in [3.8, 4) is 0 Å². The van der Waals surface area contributed by atoms with Crippen LogP contribution in [0.15, 0.2) is 18.3 Å². The van der Waals surface area contributed by atoms with Gasteiger partial charge >= 0.3 is 0 Å². The smallest absolute Gasteiger partial charge is 0.221 e. The summed E-state index contributed by atoms with van der Waals surface area (Å²) in [5, 5.41) is 5.73. The van der Waals surface area contributed by atoms with E-state index in [9.17, 15) is 4.79 Å². The predicted molar refractivity (Wildman–Crippen MR) is 51.2 cm³/mol. The van der Waals surface area contributed by atoms with Gasteiger partial charge < -0.3 is 15.6 Å². The second kappa shape index (κ2) is 5.37. The number of rotatable bonds is 5. The zero-order valence-corrected chi connectivity index (χ0v) is 7.76. The molecule has 1 aromatic heterocycles. The van der Waals surface area contributed by atoms with E-state index in [0.717, 1.165) is 12.2 Å². The van der Waals surface area contributed by atoms with Crippen LogP contribution in [0.25, 0.3) is 0 Å². The second-order valence-electron chi connectivity index (χ2n) is 2.80. The molecular formula is C9H15N3O. The number of amides is 1. The summed E-state index contributed by atoms with van der Waals surface area (Å²) in [5.41, 5.74) is 1.14. The van der Waals surface area contributed by atoms with E-state index in [1.165, 1.54) is 0 Å². The number of aromatic amines is 1. The van der Waals surface area contributed by atoms with Crippen LogP contribution >= 0.6 is 0 Å². The molecule has 0 aliphatic rings. The Hall–Kier alpha value is -1.29. The van der Waals surface area contributed by atoms with Gasteiger partial charge in [0.15, 0.2) is 0 Å². The zero-order chi connectivity index (χ0) is 9.52. The van der Waals surface area contributed by atoms with Gasteiger partial charge in [0.2, 0.25) is 5.91 Å². The van der Waals surface area contributed by atoms with Gasteiger partial charge in [0.05, 0.1) is 0 Å². The summed E-state index contributed by atoms with van der Waals surface area (Å²) in [6.45, 7) is 1.49. The summed E-state index contributed by atoms with van der Waals surface area (Å²) in [5.74, 6) is 0.0685. The summed E-state index contributed by atoms with van der Waals surface area (Å²) in [6.07, 6.45) is 2.41. The molecule has 4 nitrogen and oxygen atoms in total. The highest BCUT2D eigenvalue weighted by atomic mass is 16.1. The van der Waals surface area contributed by atoms with Crippen molar-refractivity contribution in [3.63, 3.8) is 0 Å². The Kier molecular flexibility index (Phi) is 4.05. The van der Waals surface area contributed by atoms with E-state index in [1.807, 2.05) is 18.3 Å². The number of hydrogen-bond acceptors (Lipinski definition) is 2. The number of H-pyrrole nitrogens is 1. The molecule has 1 heterocycles. The third-order valence-electron chi connectivity index (χ3n) is 1.79. The lowest BCUT2D eigenvalue weighted by Gasteiger charge is -2.01. The molecule has 0 aromatic carbocycles. The molecule has 1 rings (SSSR count). The van der Waals surface area contributed by atoms with Crippen LogP contribution in [0.1, 0.15) is 12.1 Å². The number of carbonyl (C=O) groups is 1. The van der Waals surface area contributed by atoms with Gasteiger partial charge in [-0.1, -0.05) is 0 Å². The molecule has 0 aliphatic heterocycles. The number of nitrogens with one attached hydrogen (secondary N) is 3. The van der Waals surface area contributed by atoms with Crippen LogP contribution in [0.5, 0.6) is 0 Å². The fourth-order valence-electron chi connectivity index (χ4n) is 1.03. The van der Waals surface area contributed by atoms with Crippen molar-refractivity contribution in [2.45, 2.75) is 13.0 Å². The van der Waals surface area contributed by atoms with Gasteiger partial charge in [0.25, 0.3) is 0 Å². The van der Waals surface area contributed by atoms with Gasteiger partial charge in [0.1, 0.15) is 0 Å². The van der Waals surface area contributed by atoms with Crippen LogP contribution in [-0.2, 0) is 11.3 Å². The van der Waals surface area contributed by atoms with E-state index in [1.54, 1.807) is 7.05 Å². The highest BCUT2D eigenvalue weighted by Crippen LogP contribution is 1.92. The Balaban J connectivity index is 2.05. The first kappa shape index (κ1) is 9.80. The molecule has 0 unspecified atom stereocenters. The first-order valence-electron chi connectivity index (χ1n) is 4.36. The molecule has 0 atom stereocenters. The number of hydrogen-bond donors (Lipinski definition) is 3. The molecule has 0 spiro atoms. The number of aromatic nitrogens is 1. The predicted octanol–water partition coefficient (Wildman–Crippen LogP) is 0.240. The molecule has 0 bridgehead atoms. The van der Waals surface area contributed by atoms with Gasteiger partial charge in [-0.15, -0.1) is 0 Å². The van der Waals surface area contributed by atoms with E-state index in [-0.39, 0.29) is 5.91 Å². The molecule has 13 heavy (non-hydrogen) atoms. The molecular weight excluding hydrogens is 166 g/mol. The molecule has 0 radical (unpaired) electrons. The van der Waals surface area contributed by atoms with Crippen molar-refractivity contribution in [2.75, 3.05) is 13.6 Å². The molecule has 3 N–H and O–H groups in total. The van der Waals surface area contributed by atoms with Crippen LogP contribution in [0.3, 0.4) is 0 Å². The Morgan fingerprint density at radius 2 is 2.46 bits per heavy atom. The third-order valence-corrected chi connectivity index (χ3v) is 1.79. The highest BCUT2D eigenvalue weighted by Gasteiger charge is 1.96. The summed E-state index contributed by atoms with van der Waals surface area (Å²) in [7, 11) is 1.65. The summed E-state index contributed by atoms with van der Waals surface area (Å²) >= 11 is 0. The van der Waals surface area contributed by atoms with Crippen LogP contribution in [-0.4, -0.2) is 24.5 Å². The number of carbonyl (C=O) groups excluding carboxylic acids is 1. The lowest BCUT2D eigenvalue weighted by atomic mass is 10.3. The standard InChI is InChI=1S/C9H15N3O/c1-10-9(13)4-6-11-7-8-3-2-5-12-8/h2-3,5,11-12H,4,6-7H2,1H3,(H,10,13). The van der Waals surface area contributed by atoms with Gasteiger partial charge in [-0.25, -0.2) is 0 Å². The minimum atomic E-state index is 0.0685. The SMILES string of the molecule is CNC(=O)CCNCc1ccc[nH]1. The maximum atomic E-state index is 10.8. The van der Waals surface area contributed by atoms with Crippen LogP contribution in [0.2, 0.25) is 0 Å². The van der Waals surface area contributed by atoms with Crippen molar-refractivity contribution in [3.05, 3.63) is 24.0 Å². The van der Waals surface area contributed by atoms with Crippen LogP contribution in [0.4, 0.5) is 0 Å². The maximum Gasteiger partial charge on any atom is 0.221 e. The van der Waals surface area contributed by atoms with E-state index in [0.29, 0.717) is 13.0 Å².